The van der Waals surface area contributed by atoms with Crippen LogP contribution in [0.15, 0.2) is 24.3 Å². The topological polar surface area (TPSA) is 84.2 Å². The van der Waals surface area contributed by atoms with Gasteiger partial charge in [-0.3, -0.25) is 4.79 Å². The zero-order valence-corrected chi connectivity index (χ0v) is 12.6. The van der Waals surface area contributed by atoms with Crippen molar-refractivity contribution in [2.75, 3.05) is 5.32 Å². The first kappa shape index (κ1) is 15.4. The van der Waals surface area contributed by atoms with E-state index in [9.17, 15) is 9.59 Å². The Bertz CT molecular complexity index is 530. The first-order chi connectivity index (χ1) is 9.97. The van der Waals surface area contributed by atoms with Gasteiger partial charge in [0.15, 0.2) is 0 Å². The molecule has 5 nitrogen and oxygen atoms in total. The van der Waals surface area contributed by atoms with Crippen molar-refractivity contribution in [1.82, 2.24) is 5.32 Å². The van der Waals surface area contributed by atoms with Gasteiger partial charge in [-0.1, -0.05) is 32.8 Å². The molecule has 1 aliphatic rings. The Kier molecular flexibility index (Phi) is 4.83. The van der Waals surface area contributed by atoms with E-state index in [1.165, 1.54) is 6.42 Å². The number of rotatable bonds is 3. The third-order valence-electron chi connectivity index (χ3n) is 4.42. The average molecular weight is 289 g/mol. The Morgan fingerprint density at radius 3 is 2.71 bits per heavy atom. The Morgan fingerprint density at radius 1 is 1.24 bits per heavy atom. The maximum Gasteiger partial charge on any atom is 0.316 e. The third kappa shape index (κ3) is 3.97. The van der Waals surface area contributed by atoms with Crippen LogP contribution >= 0.6 is 0 Å². The molecule has 3 atom stereocenters. The van der Waals surface area contributed by atoms with E-state index in [4.69, 9.17) is 5.73 Å². The van der Waals surface area contributed by atoms with Gasteiger partial charge in [0, 0.05) is 17.3 Å². The van der Waals surface area contributed by atoms with E-state index >= 15 is 0 Å². The quantitative estimate of drug-likeness (QED) is 0.799. The van der Waals surface area contributed by atoms with Gasteiger partial charge in [0.05, 0.1) is 0 Å². The first-order valence-electron chi connectivity index (χ1n) is 7.44. The van der Waals surface area contributed by atoms with E-state index < -0.39 is 6.03 Å². The minimum Gasteiger partial charge on any atom is -0.351 e. The van der Waals surface area contributed by atoms with Crippen LogP contribution in [0.4, 0.5) is 10.5 Å². The Balaban J connectivity index is 2.04. The van der Waals surface area contributed by atoms with Crippen molar-refractivity contribution in [3.63, 3.8) is 0 Å². The van der Waals surface area contributed by atoms with Gasteiger partial charge < -0.3 is 16.4 Å². The van der Waals surface area contributed by atoms with Crippen molar-refractivity contribution in [2.24, 2.45) is 17.6 Å². The summed E-state index contributed by atoms with van der Waals surface area (Å²) in [6.45, 7) is 4.43. The highest BCUT2D eigenvalue weighted by Crippen LogP contribution is 2.29. The summed E-state index contributed by atoms with van der Waals surface area (Å²) in [6, 6.07) is 6.38. The molecule has 3 unspecified atom stereocenters. The lowest BCUT2D eigenvalue weighted by Crippen LogP contribution is -2.43. The van der Waals surface area contributed by atoms with E-state index in [1.54, 1.807) is 24.3 Å². The second-order valence-electron chi connectivity index (χ2n) is 5.92. The molecule has 5 heteroatoms. The average Bonchev–Trinajstić information content (AvgIpc) is 2.43. The van der Waals surface area contributed by atoms with E-state index in [1.807, 2.05) is 0 Å². The molecule has 1 aromatic rings. The number of carbonyl (C=O) groups excluding carboxylic acids is 2. The highest BCUT2D eigenvalue weighted by molar-refractivity contribution is 5.96. The van der Waals surface area contributed by atoms with Crippen LogP contribution in [0, 0.1) is 11.8 Å². The van der Waals surface area contributed by atoms with Crippen LogP contribution in [-0.4, -0.2) is 18.0 Å². The molecule has 2 rings (SSSR count). The monoisotopic (exact) mass is 289 g/mol. The largest absolute Gasteiger partial charge is 0.351 e. The van der Waals surface area contributed by atoms with E-state index in [-0.39, 0.29) is 11.9 Å². The molecule has 0 radical (unpaired) electrons. The second-order valence-corrected chi connectivity index (χ2v) is 5.92. The van der Waals surface area contributed by atoms with Gasteiger partial charge in [0.1, 0.15) is 0 Å². The Hall–Kier alpha value is -2.04. The van der Waals surface area contributed by atoms with Crippen LogP contribution in [0.25, 0.3) is 0 Å². The SMILES string of the molecule is CC1CCCC(NC(=O)c2cccc(NC(N)=O)c2)C1C. The Labute approximate surface area is 125 Å². The van der Waals surface area contributed by atoms with Gasteiger partial charge in [0.25, 0.3) is 5.91 Å². The second kappa shape index (κ2) is 6.61. The van der Waals surface area contributed by atoms with Crippen molar-refractivity contribution >= 4 is 17.6 Å². The predicted molar refractivity (Wildman–Crippen MR) is 83.1 cm³/mol. The smallest absolute Gasteiger partial charge is 0.316 e. The van der Waals surface area contributed by atoms with Gasteiger partial charge in [-0.05, 0) is 36.5 Å². The lowest BCUT2D eigenvalue weighted by atomic mass is 9.78. The molecule has 0 spiro atoms. The molecule has 0 heterocycles. The minimum absolute atomic E-state index is 0.103. The molecule has 4 N–H and O–H groups in total. The zero-order valence-electron chi connectivity index (χ0n) is 12.6. The number of benzene rings is 1. The molecule has 1 aromatic carbocycles. The van der Waals surface area contributed by atoms with Gasteiger partial charge in [-0.15, -0.1) is 0 Å². The maximum atomic E-state index is 12.3. The summed E-state index contributed by atoms with van der Waals surface area (Å²) < 4.78 is 0. The van der Waals surface area contributed by atoms with Crippen LogP contribution in [0.3, 0.4) is 0 Å². The van der Waals surface area contributed by atoms with E-state index in [2.05, 4.69) is 24.5 Å². The molecular formula is C16H23N3O2. The van der Waals surface area contributed by atoms with Crippen LogP contribution < -0.4 is 16.4 Å². The summed E-state index contributed by atoms with van der Waals surface area (Å²) in [4.78, 5) is 23.2. The fourth-order valence-electron chi connectivity index (χ4n) is 2.92. The van der Waals surface area contributed by atoms with Gasteiger partial charge in [0.2, 0.25) is 0 Å². The summed E-state index contributed by atoms with van der Waals surface area (Å²) in [5.74, 6) is 1.01. The van der Waals surface area contributed by atoms with Crippen molar-refractivity contribution in [3.05, 3.63) is 29.8 Å². The fraction of sp³-hybridized carbons (Fsp3) is 0.500. The molecule has 0 aromatic heterocycles. The summed E-state index contributed by atoms with van der Waals surface area (Å²) in [7, 11) is 0. The lowest BCUT2D eigenvalue weighted by Gasteiger charge is -2.34. The van der Waals surface area contributed by atoms with Gasteiger partial charge >= 0.3 is 6.03 Å². The number of nitrogens with one attached hydrogen (secondary N) is 2. The minimum atomic E-state index is -0.637. The highest BCUT2D eigenvalue weighted by Gasteiger charge is 2.28. The summed E-state index contributed by atoms with van der Waals surface area (Å²) in [6.07, 6.45) is 3.40. The first-order valence-corrected chi connectivity index (χ1v) is 7.44. The summed E-state index contributed by atoms with van der Waals surface area (Å²) >= 11 is 0. The molecule has 21 heavy (non-hydrogen) atoms. The fourth-order valence-corrected chi connectivity index (χ4v) is 2.92. The standard InChI is InChI=1S/C16H23N3O2/c1-10-5-3-8-14(11(10)2)19-15(20)12-6-4-7-13(9-12)18-16(17)21/h4,6-7,9-11,14H,3,5,8H2,1-2H3,(H,19,20)(H3,17,18,21). The third-order valence-corrected chi connectivity index (χ3v) is 4.42. The summed E-state index contributed by atoms with van der Waals surface area (Å²) in [5.41, 5.74) is 6.14. The van der Waals surface area contributed by atoms with Crippen LogP contribution in [0.5, 0.6) is 0 Å². The number of urea groups is 1. The molecule has 0 aliphatic heterocycles. The van der Waals surface area contributed by atoms with Gasteiger partial charge in [-0.25, -0.2) is 4.79 Å². The van der Waals surface area contributed by atoms with E-state index in [0.717, 1.165) is 12.8 Å². The number of carbonyl (C=O) groups is 2. The number of nitrogens with two attached hydrogens (primary N) is 1. The zero-order chi connectivity index (χ0) is 15.4. The van der Waals surface area contributed by atoms with Crippen molar-refractivity contribution in [2.45, 2.75) is 39.2 Å². The van der Waals surface area contributed by atoms with Crippen molar-refractivity contribution in [1.29, 1.82) is 0 Å². The highest BCUT2D eigenvalue weighted by atomic mass is 16.2. The molecular weight excluding hydrogens is 266 g/mol. The lowest BCUT2D eigenvalue weighted by molar-refractivity contribution is 0.0891. The predicted octanol–water partition coefficient (Wildman–Crippen LogP) is 2.73. The van der Waals surface area contributed by atoms with Gasteiger partial charge in [-0.2, -0.15) is 0 Å². The molecule has 1 saturated carbocycles. The summed E-state index contributed by atoms with van der Waals surface area (Å²) in [5, 5.41) is 5.59. The number of amides is 3. The van der Waals surface area contributed by atoms with Crippen molar-refractivity contribution < 1.29 is 9.59 Å². The number of primary amides is 1. The van der Waals surface area contributed by atoms with Crippen LogP contribution in [-0.2, 0) is 0 Å². The molecule has 3 amide bonds. The maximum absolute atomic E-state index is 12.3. The van der Waals surface area contributed by atoms with Crippen LogP contribution in [0.1, 0.15) is 43.5 Å². The molecule has 1 fully saturated rings. The molecule has 0 bridgehead atoms. The number of anilines is 1. The molecule has 1 aliphatic carbocycles. The molecule has 114 valence electrons. The normalized spacial score (nSPS) is 25.1. The van der Waals surface area contributed by atoms with E-state index in [0.29, 0.717) is 23.1 Å². The van der Waals surface area contributed by atoms with Crippen LogP contribution in [0.2, 0.25) is 0 Å². The number of hydrogen-bond acceptors (Lipinski definition) is 2. The molecule has 0 saturated heterocycles. The number of hydrogen-bond donors (Lipinski definition) is 3. The van der Waals surface area contributed by atoms with Crippen molar-refractivity contribution in [3.8, 4) is 0 Å². The Morgan fingerprint density at radius 2 is 2.00 bits per heavy atom.